The van der Waals surface area contributed by atoms with E-state index in [1.165, 1.54) is 5.56 Å². The molecule has 0 aliphatic carbocycles. The van der Waals surface area contributed by atoms with Gasteiger partial charge in [-0.05, 0) is 57.2 Å². The third-order valence-electron chi connectivity index (χ3n) is 4.65. The van der Waals surface area contributed by atoms with Crippen molar-refractivity contribution in [2.45, 2.75) is 36.3 Å². The molecule has 2 unspecified atom stereocenters. The molecule has 0 radical (unpaired) electrons. The Morgan fingerprint density at radius 2 is 1.61 bits per heavy atom. The third-order valence-corrected chi connectivity index (χ3v) is 6.39. The molecule has 7 nitrogen and oxygen atoms in total. The van der Waals surface area contributed by atoms with Gasteiger partial charge >= 0.3 is 11.9 Å². The molecule has 2 aromatic rings. The Balaban J connectivity index is 0.000000582. The van der Waals surface area contributed by atoms with E-state index in [2.05, 4.69) is 24.0 Å². The molecular formula is C25H33NO6S. The second-order valence-electron chi connectivity index (χ2n) is 7.52. The first kappa shape index (κ1) is 28.1. The number of ether oxygens (including phenoxy) is 1. The Bertz CT molecular complexity index is 924. The summed E-state index contributed by atoms with van der Waals surface area (Å²) in [6, 6.07) is 16.1. The molecule has 2 aromatic carbocycles. The number of benzene rings is 2. The minimum atomic E-state index is -1.26. The number of carboxylic acid groups (broad SMARTS) is 2. The highest BCUT2D eigenvalue weighted by molar-refractivity contribution is 7.85. The lowest BCUT2D eigenvalue weighted by Gasteiger charge is -2.21. The van der Waals surface area contributed by atoms with E-state index in [1.54, 1.807) is 7.11 Å². The largest absolute Gasteiger partial charge is 0.496 e. The first-order chi connectivity index (χ1) is 15.7. The number of aliphatic carboxylic acids is 2. The Kier molecular flexibility index (Phi) is 12.7. The summed E-state index contributed by atoms with van der Waals surface area (Å²) < 4.78 is 18.9. The van der Waals surface area contributed by atoms with Crippen LogP contribution in [0, 0.1) is 0 Å². The predicted octanol–water partition coefficient (Wildman–Crippen LogP) is 4.16. The molecule has 8 heteroatoms. The van der Waals surface area contributed by atoms with Crippen molar-refractivity contribution in [3.8, 4) is 5.75 Å². The highest BCUT2D eigenvalue weighted by atomic mass is 32.2. The van der Waals surface area contributed by atoms with E-state index in [0.717, 1.165) is 42.0 Å². The molecule has 0 amide bonds. The number of para-hydroxylation sites is 1. The Morgan fingerprint density at radius 3 is 2.09 bits per heavy atom. The molecule has 33 heavy (non-hydrogen) atoms. The minimum Gasteiger partial charge on any atom is -0.496 e. The standard InChI is InChI=1S/C21H29NO2S.C4H4O4/c1-5-8-17-11-13-18(14-12-17)25(23)21(15-16-22(2)3)19-9-6-7-10-20(19)24-4;5-3(6)1-2-4(7)8/h6-7,9-14,21H,5,8,15-16H2,1-4H3;1-2H,(H,5,6)(H,7,8). The summed E-state index contributed by atoms with van der Waals surface area (Å²) in [6.07, 6.45) is 4.11. The number of aryl methyl sites for hydroxylation is 1. The maximum atomic E-state index is 13.3. The second-order valence-corrected chi connectivity index (χ2v) is 9.16. The van der Waals surface area contributed by atoms with Gasteiger partial charge in [0.05, 0.1) is 23.2 Å². The van der Waals surface area contributed by atoms with Gasteiger partial charge in [0.15, 0.2) is 0 Å². The van der Waals surface area contributed by atoms with Crippen LogP contribution in [0.3, 0.4) is 0 Å². The average Bonchev–Trinajstić information content (AvgIpc) is 2.79. The van der Waals surface area contributed by atoms with E-state index in [0.29, 0.717) is 12.2 Å². The lowest BCUT2D eigenvalue weighted by molar-refractivity contribution is -0.134. The molecule has 0 aliphatic rings. The number of hydrogen-bond acceptors (Lipinski definition) is 5. The van der Waals surface area contributed by atoms with Crippen molar-refractivity contribution in [2.75, 3.05) is 27.7 Å². The van der Waals surface area contributed by atoms with Gasteiger partial charge < -0.3 is 19.8 Å². The molecule has 0 fully saturated rings. The number of carbonyl (C=O) groups is 2. The summed E-state index contributed by atoms with van der Waals surface area (Å²) in [6.45, 7) is 3.05. The van der Waals surface area contributed by atoms with Crippen LogP contribution in [-0.4, -0.2) is 59.0 Å². The number of nitrogens with zero attached hydrogens (tertiary/aromatic N) is 1. The number of carboxylic acids is 2. The zero-order valence-corrected chi connectivity index (χ0v) is 20.4. The molecule has 0 aromatic heterocycles. The minimum absolute atomic E-state index is 0.0874. The quantitative estimate of drug-likeness (QED) is 0.470. The van der Waals surface area contributed by atoms with Gasteiger partial charge in [-0.15, -0.1) is 0 Å². The summed E-state index contributed by atoms with van der Waals surface area (Å²) in [5.74, 6) is -1.71. The molecule has 2 N–H and O–H groups in total. The summed E-state index contributed by atoms with van der Waals surface area (Å²) in [5, 5.41) is 15.5. The summed E-state index contributed by atoms with van der Waals surface area (Å²) in [5.41, 5.74) is 2.31. The van der Waals surface area contributed by atoms with Gasteiger partial charge in [-0.25, -0.2) is 9.59 Å². The normalized spacial score (nSPS) is 12.6. The fourth-order valence-corrected chi connectivity index (χ4v) is 4.55. The summed E-state index contributed by atoms with van der Waals surface area (Å²) in [4.78, 5) is 22.1. The van der Waals surface area contributed by atoms with E-state index in [4.69, 9.17) is 14.9 Å². The van der Waals surface area contributed by atoms with Crippen LogP contribution in [0.2, 0.25) is 0 Å². The van der Waals surface area contributed by atoms with Crippen LogP contribution in [-0.2, 0) is 26.8 Å². The van der Waals surface area contributed by atoms with Gasteiger partial charge in [0.25, 0.3) is 0 Å². The first-order valence-electron chi connectivity index (χ1n) is 10.6. The average molecular weight is 476 g/mol. The summed E-state index contributed by atoms with van der Waals surface area (Å²) >= 11 is 0. The summed E-state index contributed by atoms with van der Waals surface area (Å²) in [7, 11) is 4.64. The second kappa shape index (κ2) is 15.0. The van der Waals surface area contributed by atoms with Crippen LogP contribution < -0.4 is 4.74 Å². The van der Waals surface area contributed by atoms with E-state index in [1.807, 2.05) is 50.5 Å². The number of rotatable bonds is 11. The molecule has 0 aliphatic heterocycles. The van der Waals surface area contributed by atoms with Gasteiger partial charge in [0, 0.05) is 22.6 Å². The molecule has 0 spiro atoms. The van der Waals surface area contributed by atoms with Crippen molar-refractivity contribution in [3.05, 3.63) is 71.8 Å². The predicted molar refractivity (Wildman–Crippen MR) is 130 cm³/mol. The Morgan fingerprint density at radius 1 is 1.03 bits per heavy atom. The van der Waals surface area contributed by atoms with Crippen LogP contribution in [0.5, 0.6) is 5.75 Å². The van der Waals surface area contributed by atoms with Crippen molar-refractivity contribution < 1.29 is 28.7 Å². The monoisotopic (exact) mass is 475 g/mol. The molecule has 0 heterocycles. The van der Waals surface area contributed by atoms with Crippen LogP contribution >= 0.6 is 0 Å². The molecule has 0 saturated carbocycles. The third kappa shape index (κ3) is 10.5. The van der Waals surface area contributed by atoms with Crippen molar-refractivity contribution in [3.63, 3.8) is 0 Å². The van der Waals surface area contributed by atoms with Crippen LogP contribution in [0.1, 0.15) is 36.1 Å². The van der Waals surface area contributed by atoms with Crippen LogP contribution in [0.25, 0.3) is 0 Å². The fourth-order valence-electron chi connectivity index (χ4n) is 3.07. The lowest BCUT2D eigenvalue weighted by Crippen LogP contribution is -2.18. The number of hydrogen-bond donors (Lipinski definition) is 2. The van der Waals surface area contributed by atoms with Gasteiger partial charge in [-0.1, -0.05) is 43.7 Å². The van der Waals surface area contributed by atoms with Crippen molar-refractivity contribution >= 4 is 22.7 Å². The topological polar surface area (TPSA) is 104 Å². The SMILES string of the molecule is CCCc1ccc(S(=O)C(CCN(C)C)c2ccccc2OC)cc1.O=C(O)C=CC(=O)O. The zero-order valence-electron chi connectivity index (χ0n) is 19.6. The molecule has 0 saturated heterocycles. The van der Waals surface area contributed by atoms with Gasteiger partial charge in [0.2, 0.25) is 0 Å². The first-order valence-corrected chi connectivity index (χ1v) is 11.8. The van der Waals surface area contributed by atoms with Crippen molar-refractivity contribution in [1.29, 1.82) is 0 Å². The van der Waals surface area contributed by atoms with Gasteiger partial charge in [-0.3, -0.25) is 4.21 Å². The number of methoxy groups -OCH3 is 1. The highest BCUT2D eigenvalue weighted by Gasteiger charge is 2.23. The molecule has 2 atom stereocenters. The highest BCUT2D eigenvalue weighted by Crippen LogP contribution is 2.34. The molecule has 180 valence electrons. The Labute approximate surface area is 198 Å². The zero-order chi connectivity index (χ0) is 24.8. The van der Waals surface area contributed by atoms with E-state index < -0.39 is 22.7 Å². The van der Waals surface area contributed by atoms with Crippen molar-refractivity contribution in [2.24, 2.45) is 0 Å². The van der Waals surface area contributed by atoms with Crippen LogP contribution in [0.4, 0.5) is 0 Å². The van der Waals surface area contributed by atoms with E-state index in [9.17, 15) is 13.8 Å². The van der Waals surface area contributed by atoms with Crippen LogP contribution in [0.15, 0.2) is 65.6 Å². The molecular weight excluding hydrogens is 442 g/mol. The van der Waals surface area contributed by atoms with Gasteiger partial charge in [0.1, 0.15) is 5.75 Å². The van der Waals surface area contributed by atoms with Crippen molar-refractivity contribution in [1.82, 2.24) is 4.90 Å². The lowest BCUT2D eigenvalue weighted by atomic mass is 10.1. The van der Waals surface area contributed by atoms with Gasteiger partial charge in [-0.2, -0.15) is 0 Å². The smallest absolute Gasteiger partial charge is 0.328 e. The van der Waals surface area contributed by atoms with E-state index in [-0.39, 0.29) is 5.25 Å². The maximum absolute atomic E-state index is 13.3. The molecule has 0 bridgehead atoms. The molecule has 2 rings (SSSR count). The Hall–Kier alpha value is -2.97. The maximum Gasteiger partial charge on any atom is 0.328 e. The fraction of sp³-hybridized carbons (Fsp3) is 0.360. The van der Waals surface area contributed by atoms with E-state index >= 15 is 0 Å².